The van der Waals surface area contributed by atoms with Gasteiger partial charge >= 0.3 is 5.97 Å². The van der Waals surface area contributed by atoms with Gasteiger partial charge in [0.25, 0.3) is 0 Å². The number of hydrogen-bond donors (Lipinski definition) is 3. The molecule has 0 radical (unpaired) electrons. The van der Waals surface area contributed by atoms with Crippen molar-refractivity contribution in [2.75, 3.05) is 0 Å². The van der Waals surface area contributed by atoms with Gasteiger partial charge in [0.2, 0.25) is 0 Å². The van der Waals surface area contributed by atoms with E-state index >= 15 is 0 Å². The Kier molecular flexibility index (Phi) is 4.59. The van der Waals surface area contributed by atoms with Crippen LogP contribution >= 0.6 is 0 Å². The molecule has 8 heteroatoms. The fraction of sp³-hybridized carbons (Fsp3) is 0.250. The molecule has 3 N–H and O–H groups in total. The molecule has 0 saturated heterocycles. The molecule has 3 aromatic rings. The van der Waals surface area contributed by atoms with Crippen LogP contribution in [0.2, 0.25) is 0 Å². The molecule has 0 amide bonds. The third kappa shape index (κ3) is 2.82. The zero-order chi connectivity index (χ0) is 25.6. The van der Waals surface area contributed by atoms with Crippen LogP contribution in [-0.2, 0) is 20.7 Å². The average molecular weight is 486 g/mol. The summed E-state index contributed by atoms with van der Waals surface area (Å²) in [6, 6.07) is 7.60. The molecular formula is C28H22O8. The fourth-order valence-electron chi connectivity index (χ4n) is 5.90. The molecule has 36 heavy (non-hydrogen) atoms. The number of benzene rings is 3. The standard InChI is InChI=1S/C28H22O8/c1-10-7-15-14(17(31)8-10)9-18-21-20(15)27(34)24-22(23(21)28(11(2)35-18)36-12(3)29)26(33)19-13(25(24)32)5-4-6-16(19)30/h4-8,11,18,28,30-31,34H,9H2,1-3H3. The normalized spacial score (nSPS) is 21.2. The molecule has 0 bridgehead atoms. The Bertz CT molecular complexity index is 1550. The quantitative estimate of drug-likeness (QED) is 0.342. The van der Waals surface area contributed by atoms with Crippen molar-refractivity contribution in [1.82, 2.24) is 0 Å². The van der Waals surface area contributed by atoms with E-state index in [-0.39, 0.29) is 51.3 Å². The number of fused-ring (bicyclic) bond motifs is 5. The second-order valence-corrected chi connectivity index (χ2v) is 9.53. The SMILES string of the molecule is CC(=O)OC1c2c3c(c(O)c4c2C(Cc2c(O)cc(C)cc2-4)OC1C)C(=O)c1cccc(O)c1C3=O. The van der Waals surface area contributed by atoms with Crippen molar-refractivity contribution in [3.63, 3.8) is 0 Å². The molecule has 0 spiro atoms. The molecule has 6 rings (SSSR count). The second-order valence-electron chi connectivity index (χ2n) is 9.53. The van der Waals surface area contributed by atoms with E-state index in [1.165, 1.54) is 25.1 Å². The minimum absolute atomic E-state index is 0.0289. The summed E-state index contributed by atoms with van der Waals surface area (Å²) in [5, 5.41) is 32.8. The van der Waals surface area contributed by atoms with Gasteiger partial charge in [0.05, 0.1) is 23.3 Å². The van der Waals surface area contributed by atoms with Crippen LogP contribution in [0, 0.1) is 6.92 Å². The number of carbonyl (C=O) groups excluding carboxylic acids is 3. The number of phenols is 3. The Hall–Kier alpha value is -4.17. The molecule has 3 aromatic carbocycles. The lowest BCUT2D eigenvalue weighted by molar-refractivity contribution is -0.162. The molecule has 2 aliphatic carbocycles. The Morgan fingerprint density at radius 3 is 2.42 bits per heavy atom. The Morgan fingerprint density at radius 1 is 0.944 bits per heavy atom. The van der Waals surface area contributed by atoms with Crippen molar-refractivity contribution in [1.29, 1.82) is 0 Å². The van der Waals surface area contributed by atoms with Gasteiger partial charge in [-0.3, -0.25) is 14.4 Å². The number of carbonyl (C=O) groups is 3. The van der Waals surface area contributed by atoms with E-state index in [0.717, 1.165) is 5.56 Å². The largest absolute Gasteiger partial charge is 0.508 e. The molecule has 182 valence electrons. The number of aromatic hydroxyl groups is 3. The molecule has 8 nitrogen and oxygen atoms in total. The lowest BCUT2D eigenvalue weighted by Crippen LogP contribution is -2.37. The number of ketones is 2. The van der Waals surface area contributed by atoms with Gasteiger partial charge in [-0.25, -0.2) is 0 Å². The van der Waals surface area contributed by atoms with Gasteiger partial charge in [-0.15, -0.1) is 0 Å². The first-order valence-corrected chi connectivity index (χ1v) is 11.6. The van der Waals surface area contributed by atoms with Crippen LogP contribution in [0.25, 0.3) is 11.1 Å². The number of hydrogen-bond acceptors (Lipinski definition) is 8. The summed E-state index contributed by atoms with van der Waals surface area (Å²) < 4.78 is 11.8. The van der Waals surface area contributed by atoms with Crippen LogP contribution in [0.5, 0.6) is 17.2 Å². The maximum atomic E-state index is 13.9. The van der Waals surface area contributed by atoms with Crippen molar-refractivity contribution >= 4 is 17.5 Å². The molecule has 0 aromatic heterocycles. The van der Waals surface area contributed by atoms with Crippen LogP contribution in [0.1, 0.15) is 80.2 Å². The summed E-state index contributed by atoms with van der Waals surface area (Å²) in [5.74, 6) is -2.61. The summed E-state index contributed by atoms with van der Waals surface area (Å²) in [6.07, 6.45) is -2.16. The van der Waals surface area contributed by atoms with Crippen LogP contribution in [0.15, 0.2) is 30.3 Å². The van der Waals surface area contributed by atoms with Gasteiger partial charge in [-0.2, -0.15) is 0 Å². The third-order valence-corrected chi connectivity index (χ3v) is 7.25. The van der Waals surface area contributed by atoms with Crippen LogP contribution < -0.4 is 0 Å². The number of aryl methyl sites for hydroxylation is 1. The summed E-state index contributed by atoms with van der Waals surface area (Å²) >= 11 is 0. The van der Waals surface area contributed by atoms with Gasteiger partial charge in [-0.1, -0.05) is 18.2 Å². The van der Waals surface area contributed by atoms with E-state index < -0.39 is 41.6 Å². The van der Waals surface area contributed by atoms with Crippen molar-refractivity contribution in [2.45, 2.75) is 45.5 Å². The van der Waals surface area contributed by atoms with E-state index in [1.807, 2.05) is 0 Å². The highest BCUT2D eigenvalue weighted by molar-refractivity contribution is 6.31. The Balaban J connectivity index is 1.79. The number of esters is 1. The first-order valence-electron chi connectivity index (χ1n) is 11.6. The Labute approximate surface area is 205 Å². The lowest BCUT2D eigenvalue weighted by Gasteiger charge is -2.42. The van der Waals surface area contributed by atoms with Crippen LogP contribution in [-0.4, -0.2) is 39.0 Å². The summed E-state index contributed by atoms with van der Waals surface area (Å²) in [6.45, 7) is 4.73. The maximum Gasteiger partial charge on any atom is 0.303 e. The van der Waals surface area contributed by atoms with Crippen LogP contribution in [0.3, 0.4) is 0 Å². The van der Waals surface area contributed by atoms with Gasteiger partial charge in [0, 0.05) is 46.7 Å². The molecular weight excluding hydrogens is 464 g/mol. The van der Waals surface area contributed by atoms with Gasteiger partial charge < -0.3 is 24.8 Å². The smallest absolute Gasteiger partial charge is 0.303 e. The molecule has 1 aliphatic heterocycles. The number of rotatable bonds is 1. The lowest BCUT2D eigenvalue weighted by atomic mass is 9.70. The topological polar surface area (TPSA) is 130 Å². The molecule has 1 heterocycles. The second kappa shape index (κ2) is 7.41. The fourth-order valence-corrected chi connectivity index (χ4v) is 5.90. The first kappa shape index (κ1) is 22.3. The van der Waals surface area contributed by atoms with Crippen molar-refractivity contribution in [3.8, 4) is 28.4 Å². The highest BCUT2D eigenvalue weighted by atomic mass is 16.6. The molecule has 0 fully saturated rings. The van der Waals surface area contributed by atoms with Crippen molar-refractivity contribution in [3.05, 3.63) is 74.8 Å². The minimum Gasteiger partial charge on any atom is -0.508 e. The number of phenolic OH excluding ortho intramolecular Hbond substituents is 3. The van der Waals surface area contributed by atoms with Gasteiger partial charge in [0.1, 0.15) is 17.2 Å². The van der Waals surface area contributed by atoms with E-state index in [4.69, 9.17) is 9.47 Å². The van der Waals surface area contributed by atoms with E-state index in [1.54, 1.807) is 26.0 Å². The predicted molar refractivity (Wildman–Crippen MR) is 126 cm³/mol. The zero-order valence-electron chi connectivity index (χ0n) is 19.7. The number of ether oxygens (including phenoxy) is 2. The zero-order valence-corrected chi connectivity index (χ0v) is 19.7. The third-order valence-electron chi connectivity index (χ3n) is 7.25. The molecule has 3 aliphatic rings. The van der Waals surface area contributed by atoms with Crippen molar-refractivity contribution in [2.24, 2.45) is 0 Å². The average Bonchev–Trinajstić information content (AvgIpc) is 2.80. The summed E-state index contributed by atoms with van der Waals surface area (Å²) in [7, 11) is 0. The van der Waals surface area contributed by atoms with Gasteiger partial charge in [0.15, 0.2) is 17.7 Å². The van der Waals surface area contributed by atoms with E-state index in [9.17, 15) is 29.7 Å². The minimum atomic E-state index is -1.04. The highest BCUT2D eigenvalue weighted by Gasteiger charge is 2.48. The Morgan fingerprint density at radius 2 is 1.69 bits per heavy atom. The molecule has 3 atom stereocenters. The predicted octanol–water partition coefficient (Wildman–Crippen LogP) is 4.17. The first-order chi connectivity index (χ1) is 17.1. The van der Waals surface area contributed by atoms with Crippen molar-refractivity contribution < 1.29 is 39.2 Å². The molecule has 0 saturated carbocycles. The maximum absolute atomic E-state index is 13.9. The summed E-state index contributed by atoms with van der Waals surface area (Å²) in [5.41, 5.74) is 2.28. The summed E-state index contributed by atoms with van der Waals surface area (Å²) in [4.78, 5) is 39.7. The van der Waals surface area contributed by atoms with Gasteiger partial charge in [-0.05, 0) is 37.1 Å². The monoisotopic (exact) mass is 486 g/mol. The van der Waals surface area contributed by atoms with E-state index in [2.05, 4.69) is 0 Å². The van der Waals surface area contributed by atoms with E-state index in [0.29, 0.717) is 16.7 Å². The highest BCUT2D eigenvalue weighted by Crippen LogP contribution is 2.57. The van der Waals surface area contributed by atoms with Crippen LogP contribution in [0.4, 0.5) is 0 Å². The molecule has 3 unspecified atom stereocenters.